The predicted octanol–water partition coefficient (Wildman–Crippen LogP) is 8.08. The Morgan fingerprint density at radius 1 is 1.00 bits per heavy atom. The van der Waals surface area contributed by atoms with E-state index in [1.165, 1.54) is 40.7 Å². The molecule has 0 N–H and O–H groups in total. The molecule has 0 fully saturated rings. The number of aryl methyl sites for hydroxylation is 2. The summed E-state index contributed by atoms with van der Waals surface area (Å²) in [7, 11) is 0. The average Bonchev–Trinajstić information content (AvgIpc) is 2.62. The number of benzene rings is 1. The molecule has 0 bridgehead atoms. The third kappa shape index (κ3) is 9.45. The van der Waals surface area contributed by atoms with Crippen LogP contribution in [-0.4, -0.2) is 5.60 Å². The number of allylic oxidation sites excluding steroid dienone is 6. The van der Waals surface area contributed by atoms with Gasteiger partial charge in [0.25, 0.3) is 0 Å². The van der Waals surface area contributed by atoms with Crippen LogP contribution in [-0.2, 0) is 6.42 Å². The molecule has 0 aliphatic carbocycles. The largest absolute Gasteiger partial charge is 0.512 e. The number of ether oxygens (including phenoxy) is 1. The quantitative estimate of drug-likeness (QED) is 0.174. The Morgan fingerprint density at radius 3 is 2.28 bits per heavy atom. The fourth-order valence-electron chi connectivity index (χ4n) is 3.82. The van der Waals surface area contributed by atoms with Gasteiger partial charge in [0.05, 0.1) is 0 Å². The van der Waals surface area contributed by atoms with Gasteiger partial charge in [-0.2, -0.15) is 18.2 Å². The van der Waals surface area contributed by atoms with Crippen molar-refractivity contribution in [3.05, 3.63) is 64.3 Å². The summed E-state index contributed by atoms with van der Waals surface area (Å²) in [6, 6.07) is 7.34. The molecule has 29 heavy (non-hydrogen) atoms. The minimum atomic E-state index is -0.0443. The molecule has 1 nitrogen and oxygen atoms in total. The summed E-state index contributed by atoms with van der Waals surface area (Å²) < 4.78 is 6.44. The van der Waals surface area contributed by atoms with Gasteiger partial charge in [0.1, 0.15) is 5.60 Å². The van der Waals surface area contributed by atoms with Gasteiger partial charge in [-0.3, -0.25) is 0 Å². The molecular weight excluding hydrogens is 505 g/mol. The van der Waals surface area contributed by atoms with Crippen molar-refractivity contribution in [2.75, 3.05) is 0 Å². The summed E-state index contributed by atoms with van der Waals surface area (Å²) in [6.45, 7) is 13.3. The fourth-order valence-corrected chi connectivity index (χ4v) is 3.82. The summed E-state index contributed by atoms with van der Waals surface area (Å²) >= 11 is 0. The minimum absolute atomic E-state index is 0. The molecular formula is C27H39HoO-. The van der Waals surface area contributed by atoms with Gasteiger partial charge in [-0.05, 0) is 79.6 Å². The van der Waals surface area contributed by atoms with Crippen LogP contribution in [0.2, 0.25) is 0 Å². The third-order valence-corrected chi connectivity index (χ3v) is 5.77. The summed E-state index contributed by atoms with van der Waals surface area (Å²) in [4.78, 5) is 0. The fraction of sp³-hybridized carbons (Fsp3) is 0.556. The molecule has 0 aromatic heterocycles. The van der Waals surface area contributed by atoms with E-state index >= 15 is 0 Å². The first-order chi connectivity index (χ1) is 13.3. The maximum absolute atomic E-state index is 6.44. The second kappa shape index (κ2) is 13.0. The van der Waals surface area contributed by atoms with Crippen LogP contribution in [0, 0.1) is 50.7 Å². The van der Waals surface area contributed by atoms with Crippen LogP contribution in [0.1, 0.15) is 90.7 Å². The van der Waals surface area contributed by atoms with Gasteiger partial charge in [-0.15, -0.1) is 11.1 Å². The van der Waals surface area contributed by atoms with Crippen LogP contribution in [0.25, 0.3) is 0 Å². The van der Waals surface area contributed by atoms with Crippen LogP contribution >= 0.6 is 0 Å². The zero-order chi connectivity index (χ0) is 20.6. The third-order valence-electron chi connectivity index (χ3n) is 5.77. The van der Waals surface area contributed by atoms with Gasteiger partial charge in [0.2, 0.25) is 0 Å². The molecule has 1 heterocycles. The van der Waals surface area contributed by atoms with E-state index in [0.29, 0.717) is 0 Å². The Balaban J connectivity index is 0.00000420. The van der Waals surface area contributed by atoms with Crippen LogP contribution in [0.15, 0.2) is 47.1 Å². The molecule has 0 saturated carbocycles. The molecule has 1 aliphatic rings. The molecule has 0 amide bonds. The average molecular weight is 545 g/mol. The monoisotopic (exact) mass is 544 g/mol. The molecule has 0 unspecified atom stereocenters. The van der Waals surface area contributed by atoms with E-state index in [2.05, 4.69) is 71.9 Å². The van der Waals surface area contributed by atoms with E-state index in [-0.39, 0.29) is 43.3 Å². The van der Waals surface area contributed by atoms with E-state index in [4.69, 9.17) is 4.74 Å². The first kappa shape index (κ1) is 26.5. The van der Waals surface area contributed by atoms with Gasteiger partial charge in [0, 0.05) is 43.5 Å². The van der Waals surface area contributed by atoms with Crippen molar-refractivity contribution in [1.29, 1.82) is 0 Å². The minimum Gasteiger partial charge on any atom is -0.512 e. The van der Waals surface area contributed by atoms with E-state index in [1.54, 1.807) is 0 Å². The van der Waals surface area contributed by atoms with Crippen molar-refractivity contribution in [3.8, 4) is 5.75 Å². The number of fused-ring (bicyclic) bond motifs is 1. The van der Waals surface area contributed by atoms with Crippen LogP contribution in [0.4, 0.5) is 0 Å². The van der Waals surface area contributed by atoms with Crippen LogP contribution in [0.3, 0.4) is 0 Å². The first-order valence-corrected chi connectivity index (χ1v) is 10.9. The molecule has 0 saturated heterocycles. The second-order valence-corrected chi connectivity index (χ2v) is 9.04. The Bertz CT molecular complexity index is 737. The Kier molecular flexibility index (Phi) is 11.9. The molecule has 2 heteroatoms. The van der Waals surface area contributed by atoms with Gasteiger partial charge in [-0.1, -0.05) is 48.3 Å². The second-order valence-electron chi connectivity index (χ2n) is 9.04. The molecule has 1 atom stereocenters. The Labute approximate surface area is 209 Å². The van der Waals surface area contributed by atoms with Gasteiger partial charge in [-0.25, -0.2) is 0 Å². The molecule has 0 spiro atoms. The summed E-state index contributed by atoms with van der Waals surface area (Å²) in [5, 5.41) is 0. The zero-order valence-corrected chi connectivity index (χ0v) is 21.2. The van der Waals surface area contributed by atoms with Gasteiger partial charge in [0.15, 0.2) is 0 Å². The van der Waals surface area contributed by atoms with Crippen molar-refractivity contribution >= 4 is 0 Å². The van der Waals surface area contributed by atoms with Crippen LogP contribution in [0.5, 0.6) is 5.75 Å². The topological polar surface area (TPSA) is 9.23 Å². The van der Waals surface area contributed by atoms with Gasteiger partial charge >= 0.3 is 0 Å². The maximum atomic E-state index is 6.44. The van der Waals surface area contributed by atoms with Gasteiger partial charge < -0.3 is 4.74 Å². The van der Waals surface area contributed by atoms with Crippen molar-refractivity contribution in [3.63, 3.8) is 0 Å². The molecule has 1 radical (unpaired) electrons. The Hall–Kier alpha value is -0.500. The molecule has 1 aromatic rings. The van der Waals surface area contributed by atoms with Crippen molar-refractivity contribution in [1.82, 2.24) is 0 Å². The standard InChI is InChI=1S/C27H39O.Ho/c1-21(2)11-7-12-22(3)13-8-14-23(4)15-10-19-27(6)20-18-25-17-9-16-24(5)26(25)28-27;/h11,13,15-17H,7-8,10,12,14,18-20H2,1-6H3;/q-1;/b22-13+,23-15+;/t27-;/m1./s1. The van der Waals surface area contributed by atoms with E-state index < -0.39 is 0 Å². The van der Waals surface area contributed by atoms with Crippen molar-refractivity contribution in [2.24, 2.45) is 0 Å². The molecule has 2 rings (SSSR count). The van der Waals surface area contributed by atoms with Crippen molar-refractivity contribution in [2.45, 2.75) is 98.5 Å². The normalized spacial score (nSPS) is 19.1. The number of hydrogen-bond donors (Lipinski definition) is 0. The summed E-state index contributed by atoms with van der Waals surface area (Å²) in [5.41, 5.74) is 6.91. The summed E-state index contributed by atoms with van der Waals surface area (Å²) in [5.74, 6) is 1.10. The van der Waals surface area contributed by atoms with Crippen LogP contribution < -0.4 is 4.74 Å². The van der Waals surface area contributed by atoms with E-state index in [9.17, 15) is 0 Å². The SMILES string of the molecule is CC(C)=CCC/C(C)=C/CC/C(C)=C/CC[C@]1(C)CCc2c[c-]cc(C)c2O1.[Ho]. The smallest absolute Gasteiger partial charge is 0.103 e. The Morgan fingerprint density at radius 2 is 1.62 bits per heavy atom. The first-order valence-electron chi connectivity index (χ1n) is 10.9. The number of hydrogen-bond acceptors (Lipinski definition) is 1. The van der Waals surface area contributed by atoms with E-state index in [1.807, 2.05) is 6.07 Å². The molecule has 165 valence electrons. The van der Waals surface area contributed by atoms with E-state index in [0.717, 1.165) is 44.3 Å². The maximum Gasteiger partial charge on any atom is 0.103 e. The number of rotatable bonds is 9. The molecule has 1 aromatic carbocycles. The molecule has 1 aliphatic heterocycles. The summed E-state index contributed by atoms with van der Waals surface area (Å²) in [6.07, 6.45) is 16.2. The predicted molar refractivity (Wildman–Crippen MR) is 122 cm³/mol. The zero-order valence-electron chi connectivity index (χ0n) is 19.3. The van der Waals surface area contributed by atoms with Crippen molar-refractivity contribution < 1.29 is 42.5 Å².